The molecule has 0 aromatic heterocycles. The van der Waals surface area contributed by atoms with Crippen LogP contribution in [0.25, 0.3) is 0 Å². The van der Waals surface area contributed by atoms with Crippen molar-refractivity contribution in [1.82, 2.24) is 10.2 Å². The van der Waals surface area contributed by atoms with Gasteiger partial charge in [0.05, 0.1) is 20.3 Å². The molecule has 0 heterocycles. The lowest BCUT2D eigenvalue weighted by molar-refractivity contribution is -0.118. The molecule has 2 aromatic rings. The summed E-state index contributed by atoms with van der Waals surface area (Å²) in [5.74, 6) is 4.49. The van der Waals surface area contributed by atoms with Crippen LogP contribution in [0.3, 0.4) is 0 Å². The number of likely N-dealkylation sites (N-methyl/N-ethyl adjacent to an activating group) is 1. The summed E-state index contributed by atoms with van der Waals surface area (Å²) in [4.78, 5) is 36.8. The first kappa shape index (κ1) is 35.8. The molecule has 1 atom stereocenters. The number of hydrogen-bond acceptors (Lipinski definition) is 7. The zero-order chi connectivity index (χ0) is 31.5. The molecule has 0 spiro atoms. The summed E-state index contributed by atoms with van der Waals surface area (Å²) in [7, 11) is 3.17. The van der Waals surface area contributed by atoms with E-state index in [1.54, 1.807) is 21.1 Å². The van der Waals surface area contributed by atoms with Gasteiger partial charge >= 0.3 is 0 Å². The number of primary amides is 2. The standard InChI is InChI=1S/C28H42N4O4.C4H5NO/c1-6-8-16-32(7-2)17-15-30-23-12-9-21(11-14-27(29)33)24(19-23)28(34)31-20(3)22-10-13-25(35-4)26(18-22)36-5;1-2-3-4(5)6/h9-10,12-13,18-20,30H,6-8,11,14-17H2,1-5H3,(H2,29,33)(H,31,34);1H3,(H2,5,6). The summed E-state index contributed by atoms with van der Waals surface area (Å²) in [6, 6.07) is 11.0. The molecule has 2 aromatic carbocycles. The van der Waals surface area contributed by atoms with Crippen LogP contribution >= 0.6 is 0 Å². The van der Waals surface area contributed by atoms with E-state index in [9.17, 15) is 14.4 Å². The predicted octanol–water partition coefficient (Wildman–Crippen LogP) is 3.64. The van der Waals surface area contributed by atoms with E-state index in [2.05, 4.69) is 47.0 Å². The minimum atomic E-state index is -0.572. The van der Waals surface area contributed by atoms with Crippen molar-refractivity contribution < 1.29 is 23.9 Å². The van der Waals surface area contributed by atoms with Gasteiger partial charge in [0.25, 0.3) is 11.8 Å². The summed E-state index contributed by atoms with van der Waals surface area (Å²) < 4.78 is 10.7. The average Bonchev–Trinajstić information content (AvgIpc) is 2.97. The molecular weight excluding hydrogens is 534 g/mol. The Kier molecular flexibility index (Phi) is 16.9. The van der Waals surface area contributed by atoms with Crippen LogP contribution in [-0.2, 0) is 16.0 Å². The fourth-order valence-corrected chi connectivity index (χ4v) is 4.14. The number of carbonyl (C=O) groups excluding carboxylic acids is 3. The van der Waals surface area contributed by atoms with Crippen molar-refractivity contribution in [3.05, 3.63) is 53.1 Å². The van der Waals surface area contributed by atoms with Crippen molar-refractivity contribution >= 4 is 23.4 Å². The number of rotatable bonds is 16. The maximum absolute atomic E-state index is 13.4. The fraction of sp³-hybridized carbons (Fsp3) is 0.469. The maximum Gasteiger partial charge on any atom is 0.293 e. The normalized spacial score (nSPS) is 10.8. The summed E-state index contributed by atoms with van der Waals surface area (Å²) in [6.07, 6.45) is 2.95. The van der Waals surface area contributed by atoms with Gasteiger partial charge in [0.15, 0.2) is 11.5 Å². The molecule has 10 heteroatoms. The summed E-state index contributed by atoms with van der Waals surface area (Å²) in [5, 5.41) is 6.52. The third-order valence-corrected chi connectivity index (χ3v) is 6.53. The summed E-state index contributed by atoms with van der Waals surface area (Å²) in [6.45, 7) is 11.7. The molecular formula is C32H47N5O5. The number of nitrogens with one attached hydrogen (secondary N) is 2. The number of nitrogens with zero attached hydrogens (tertiary/aromatic N) is 1. The molecule has 2 rings (SSSR count). The highest BCUT2D eigenvalue weighted by Crippen LogP contribution is 2.30. The van der Waals surface area contributed by atoms with Crippen molar-refractivity contribution in [2.24, 2.45) is 11.5 Å². The molecule has 0 saturated carbocycles. The second-order valence-corrected chi connectivity index (χ2v) is 9.60. The van der Waals surface area contributed by atoms with E-state index in [0.717, 1.165) is 43.0 Å². The predicted molar refractivity (Wildman–Crippen MR) is 168 cm³/mol. The van der Waals surface area contributed by atoms with E-state index in [0.29, 0.717) is 23.5 Å². The van der Waals surface area contributed by atoms with E-state index >= 15 is 0 Å². The van der Waals surface area contributed by atoms with Crippen LogP contribution in [0.2, 0.25) is 0 Å². The Morgan fingerprint density at radius 2 is 1.71 bits per heavy atom. The third kappa shape index (κ3) is 13.0. The molecule has 10 nitrogen and oxygen atoms in total. The number of carbonyl (C=O) groups is 3. The SMILES string of the molecule is CC#CC(N)=O.CCCCN(CC)CCNc1ccc(CCC(N)=O)c(C(=O)NC(C)c2ccc(OC)c(OC)c2)c1. The Morgan fingerprint density at radius 1 is 1.00 bits per heavy atom. The number of unbranched alkanes of at least 4 members (excludes halogenated alkanes) is 1. The van der Waals surface area contributed by atoms with Gasteiger partial charge < -0.3 is 36.5 Å². The Balaban J connectivity index is 0.00000132. The van der Waals surface area contributed by atoms with Gasteiger partial charge in [-0.25, -0.2) is 0 Å². The average molecular weight is 582 g/mol. The molecule has 0 saturated heterocycles. The molecule has 3 amide bonds. The molecule has 1 unspecified atom stereocenters. The smallest absolute Gasteiger partial charge is 0.293 e. The second kappa shape index (κ2) is 19.8. The number of ether oxygens (including phenoxy) is 2. The van der Waals surface area contributed by atoms with Gasteiger partial charge in [0.2, 0.25) is 5.91 Å². The van der Waals surface area contributed by atoms with E-state index in [1.807, 2.05) is 43.3 Å². The monoisotopic (exact) mass is 581 g/mol. The van der Waals surface area contributed by atoms with E-state index < -0.39 is 11.8 Å². The van der Waals surface area contributed by atoms with Crippen LogP contribution in [0.5, 0.6) is 11.5 Å². The highest BCUT2D eigenvalue weighted by molar-refractivity contribution is 5.97. The van der Waals surface area contributed by atoms with Crippen molar-refractivity contribution in [3.63, 3.8) is 0 Å². The quantitative estimate of drug-likeness (QED) is 0.221. The minimum Gasteiger partial charge on any atom is -0.493 e. The summed E-state index contributed by atoms with van der Waals surface area (Å²) in [5.41, 5.74) is 13.0. The Bertz CT molecular complexity index is 1220. The molecule has 0 aliphatic heterocycles. The first-order valence-electron chi connectivity index (χ1n) is 14.2. The van der Waals surface area contributed by atoms with Crippen molar-refractivity contribution in [1.29, 1.82) is 0 Å². The number of amides is 3. The van der Waals surface area contributed by atoms with Gasteiger partial charge in [-0.05, 0) is 81.1 Å². The number of benzene rings is 2. The fourth-order valence-electron chi connectivity index (χ4n) is 4.14. The minimum absolute atomic E-state index is 0.182. The summed E-state index contributed by atoms with van der Waals surface area (Å²) >= 11 is 0. The molecule has 0 fully saturated rings. The lowest BCUT2D eigenvalue weighted by Gasteiger charge is -2.21. The van der Waals surface area contributed by atoms with Gasteiger partial charge in [0.1, 0.15) is 0 Å². The topological polar surface area (TPSA) is 149 Å². The number of aryl methyl sites for hydroxylation is 1. The van der Waals surface area contributed by atoms with Crippen LogP contribution in [0.4, 0.5) is 5.69 Å². The van der Waals surface area contributed by atoms with E-state index in [1.165, 1.54) is 12.8 Å². The van der Waals surface area contributed by atoms with Gasteiger partial charge in [-0.3, -0.25) is 14.4 Å². The van der Waals surface area contributed by atoms with Crippen LogP contribution in [0.15, 0.2) is 36.4 Å². The molecule has 0 bridgehead atoms. The van der Waals surface area contributed by atoms with Crippen molar-refractivity contribution in [2.45, 2.75) is 59.4 Å². The maximum atomic E-state index is 13.4. The zero-order valence-electron chi connectivity index (χ0n) is 25.8. The number of anilines is 1. The molecule has 0 aliphatic carbocycles. The highest BCUT2D eigenvalue weighted by atomic mass is 16.5. The number of hydrogen-bond donors (Lipinski definition) is 4. The van der Waals surface area contributed by atoms with Gasteiger partial charge in [-0.2, -0.15) is 0 Å². The lowest BCUT2D eigenvalue weighted by Crippen LogP contribution is -2.30. The van der Waals surface area contributed by atoms with E-state index in [-0.39, 0.29) is 18.4 Å². The van der Waals surface area contributed by atoms with Crippen LogP contribution < -0.4 is 31.6 Å². The molecule has 6 N–H and O–H groups in total. The van der Waals surface area contributed by atoms with Gasteiger partial charge in [-0.15, -0.1) is 0 Å². The first-order chi connectivity index (χ1) is 20.1. The lowest BCUT2D eigenvalue weighted by atomic mass is 10.00. The van der Waals surface area contributed by atoms with Gasteiger partial charge in [-0.1, -0.05) is 38.3 Å². The van der Waals surface area contributed by atoms with Crippen LogP contribution in [0.1, 0.15) is 74.5 Å². The number of methoxy groups -OCH3 is 2. The zero-order valence-corrected chi connectivity index (χ0v) is 25.8. The number of nitrogens with two attached hydrogens (primary N) is 2. The molecule has 42 heavy (non-hydrogen) atoms. The molecule has 0 radical (unpaired) electrons. The van der Waals surface area contributed by atoms with Crippen LogP contribution in [-0.4, -0.2) is 63.0 Å². The second-order valence-electron chi connectivity index (χ2n) is 9.60. The van der Waals surface area contributed by atoms with Gasteiger partial charge in [0, 0.05) is 30.8 Å². The van der Waals surface area contributed by atoms with Crippen molar-refractivity contribution in [3.8, 4) is 23.3 Å². The highest BCUT2D eigenvalue weighted by Gasteiger charge is 2.18. The molecule has 230 valence electrons. The Morgan fingerprint density at radius 3 is 2.26 bits per heavy atom. The van der Waals surface area contributed by atoms with Crippen LogP contribution in [0, 0.1) is 11.8 Å². The Labute approximate surface area is 250 Å². The van der Waals surface area contributed by atoms with E-state index in [4.69, 9.17) is 15.2 Å². The largest absolute Gasteiger partial charge is 0.493 e. The molecule has 0 aliphatic rings. The Hall–Kier alpha value is -4.23. The third-order valence-electron chi connectivity index (χ3n) is 6.53. The first-order valence-corrected chi connectivity index (χ1v) is 14.2. The van der Waals surface area contributed by atoms with Crippen molar-refractivity contribution in [2.75, 3.05) is 45.7 Å².